The van der Waals surface area contributed by atoms with E-state index in [1.165, 1.54) is 0 Å². The smallest absolute Gasteiger partial charge is 0.361 e. The SMILES string of the molecule is CC(CCc1cc(F)cc(F)c1O)NC1CCn2c(=O)n(O)c3cccc(c32)C1. The number of benzene rings is 2. The Kier molecular flexibility index (Phi) is 5.04. The summed E-state index contributed by atoms with van der Waals surface area (Å²) < 4.78 is 29.2. The Morgan fingerprint density at radius 3 is 2.90 bits per heavy atom. The molecule has 3 aromatic rings. The van der Waals surface area contributed by atoms with Crippen molar-refractivity contribution in [1.82, 2.24) is 14.6 Å². The predicted octanol–water partition coefficient (Wildman–Crippen LogP) is 2.95. The summed E-state index contributed by atoms with van der Waals surface area (Å²) in [6.45, 7) is 2.47. The van der Waals surface area contributed by atoms with Crippen molar-refractivity contribution in [3.63, 3.8) is 0 Å². The first-order valence-electron chi connectivity index (χ1n) is 9.70. The summed E-state index contributed by atoms with van der Waals surface area (Å²) >= 11 is 0. The Labute approximate surface area is 166 Å². The number of phenolic OH excluding ortho intramolecular Hbond substituents is 1. The van der Waals surface area contributed by atoms with Gasteiger partial charge in [-0.15, -0.1) is 4.73 Å². The zero-order valence-corrected chi connectivity index (χ0v) is 16.0. The summed E-state index contributed by atoms with van der Waals surface area (Å²) in [7, 11) is 0. The van der Waals surface area contributed by atoms with Crippen LogP contribution in [0.4, 0.5) is 8.78 Å². The standard InChI is InChI=1S/C21H23F2N3O3/c1-12(5-6-14-9-15(22)11-17(23)20(14)27)24-16-7-8-25-19-13(10-16)3-2-4-18(19)26(29)21(25)28/h2-4,9,11-12,16,24,27,29H,5-8,10H2,1H3. The minimum Gasteiger partial charge on any atom is -0.505 e. The van der Waals surface area contributed by atoms with E-state index in [0.717, 1.165) is 17.1 Å². The lowest BCUT2D eigenvalue weighted by atomic mass is 10.0. The van der Waals surface area contributed by atoms with Crippen molar-refractivity contribution in [2.75, 3.05) is 0 Å². The molecule has 2 heterocycles. The van der Waals surface area contributed by atoms with Crippen LogP contribution in [0.15, 0.2) is 35.1 Å². The van der Waals surface area contributed by atoms with E-state index in [9.17, 15) is 23.9 Å². The van der Waals surface area contributed by atoms with E-state index in [0.29, 0.717) is 48.5 Å². The number of phenols is 1. The van der Waals surface area contributed by atoms with Gasteiger partial charge in [-0.25, -0.2) is 13.6 Å². The Morgan fingerprint density at radius 2 is 2.10 bits per heavy atom. The monoisotopic (exact) mass is 403 g/mol. The van der Waals surface area contributed by atoms with Gasteiger partial charge in [0.1, 0.15) is 11.3 Å². The Morgan fingerprint density at radius 1 is 1.31 bits per heavy atom. The molecule has 1 aliphatic rings. The second kappa shape index (κ2) is 7.51. The van der Waals surface area contributed by atoms with Crippen molar-refractivity contribution in [3.05, 3.63) is 63.6 Å². The molecule has 0 amide bonds. The Bertz CT molecular complexity index is 1120. The summed E-state index contributed by atoms with van der Waals surface area (Å²) in [6.07, 6.45) is 2.34. The molecule has 29 heavy (non-hydrogen) atoms. The van der Waals surface area contributed by atoms with Crippen molar-refractivity contribution >= 4 is 11.0 Å². The summed E-state index contributed by atoms with van der Waals surface area (Å²) in [4.78, 5) is 12.3. The number of nitrogens with zero attached hydrogens (tertiary/aromatic N) is 2. The molecule has 0 fully saturated rings. The molecule has 0 saturated heterocycles. The third kappa shape index (κ3) is 3.60. The lowest BCUT2D eigenvalue weighted by Gasteiger charge is -2.22. The highest BCUT2D eigenvalue weighted by Gasteiger charge is 2.23. The maximum absolute atomic E-state index is 13.5. The minimum atomic E-state index is -0.950. The molecule has 1 aromatic heterocycles. The van der Waals surface area contributed by atoms with Crippen LogP contribution in [0.1, 0.15) is 30.9 Å². The van der Waals surface area contributed by atoms with E-state index in [-0.39, 0.29) is 17.6 Å². The molecule has 1 aliphatic heterocycles. The van der Waals surface area contributed by atoms with Crippen LogP contribution in [0.25, 0.3) is 11.0 Å². The number of aromatic nitrogens is 2. The van der Waals surface area contributed by atoms with Crippen molar-refractivity contribution < 1.29 is 19.1 Å². The Hall–Kier alpha value is -2.87. The highest BCUT2D eigenvalue weighted by molar-refractivity contribution is 5.79. The number of imidazole rings is 1. The second-order valence-electron chi connectivity index (χ2n) is 7.72. The van der Waals surface area contributed by atoms with Gasteiger partial charge in [-0.05, 0) is 55.9 Å². The molecule has 0 bridgehead atoms. The summed E-state index contributed by atoms with van der Waals surface area (Å²) in [5, 5.41) is 23.3. The number of para-hydroxylation sites is 1. The van der Waals surface area contributed by atoms with E-state index >= 15 is 0 Å². The average Bonchev–Trinajstić information content (AvgIpc) is 2.82. The van der Waals surface area contributed by atoms with Crippen LogP contribution in [0.5, 0.6) is 5.75 Å². The van der Waals surface area contributed by atoms with E-state index in [4.69, 9.17) is 0 Å². The van der Waals surface area contributed by atoms with Crippen molar-refractivity contribution in [2.24, 2.45) is 0 Å². The molecule has 3 N–H and O–H groups in total. The van der Waals surface area contributed by atoms with Gasteiger partial charge in [-0.2, -0.15) is 0 Å². The van der Waals surface area contributed by atoms with Gasteiger partial charge >= 0.3 is 5.69 Å². The van der Waals surface area contributed by atoms with Crippen LogP contribution >= 0.6 is 0 Å². The maximum atomic E-state index is 13.5. The lowest BCUT2D eigenvalue weighted by Crippen LogP contribution is -2.38. The lowest BCUT2D eigenvalue weighted by molar-refractivity contribution is 0.184. The van der Waals surface area contributed by atoms with Crippen molar-refractivity contribution in [3.8, 4) is 5.75 Å². The molecule has 0 aliphatic carbocycles. The fourth-order valence-corrected chi connectivity index (χ4v) is 4.21. The highest BCUT2D eigenvalue weighted by Crippen LogP contribution is 2.26. The third-order valence-corrected chi connectivity index (χ3v) is 5.65. The van der Waals surface area contributed by atoms with Gasteiger partial charge in [0.2, 0.25) is 0 Å². The number of halogens is 2. The minimum absolute atomic E-state index is 0.0388. The maximum Gasteiger partial charge on any atom is 0.361 e. The van der Waals surface area contributed by atoms with E-state index in [2.05, 4.69) is 5.32 Å². The number of aryl methyl sites for hydroxylation is 2. The van der Waals surface area contributed by atoms with Gasteiger partial charge in [0.05, 0.1) is 5.52 Å². The van der Waals surface area contributed by atoms with Gasteiger partial charge < -0.3 is 15.6 Å². The Balaban J connectivity index is 1.45. The zero-order valence-electron chi connectivity index (χ0n) is 16.0. The zero-order chi connectivity index (χ0) is 20.7. The number of rotatable bonds is 5. The topological polar surface area (TPSA) is 79.4 Å². The molecular formula is C21H23F2N3O3. The summed E-state index contributed by atoms with van der Waals surface area (Å²) in [5.41, 5.74) is 2.06. The highest BCUT2D eigenvalue weighted by atomic mass is 19.1. The van der Waals surface area contributed by atoms with Gasteiger partial charge in [0.15, 0.2) is 11.6 Å². The molecule has 0 saturated carbocycles. The van der Waals surface area contributed by atoms with Crippen LogP contribution in [0.3, 0.4) is 0 Å². The number of hydrogen-bond acceptors (Lipinski definition) is 4. The van der Waals surface area contributed by atoms with Crippen LogP contribution < -0.4 is 11.0 Å². The molecule has 0 spiro atoms. The molecular weight excluding hydrogens is 380 g/mol. The largest absolute Gasteiger partial charge is 0.505 e. The average molecular weight is 403 g/mol. The van der Waals surface area contributed by atoms with Gasteiger partial charge in [0.25, 0.3) is 0 Å². The molecule has 2 unspecified atom stereocenters. The van der Waals surface area contributed by atoms with Crippen LogP contribution in [-0.2, 0) is 19.4 Å². The van der Waals surface area contributed by atoms with Gasteiger partial charge in [-0.1, -0.05) is 12.1 Å². The predicted molar refractivity (Wildman–Crippen MR) is 104 cm³/mol. The number of nitrogens with one attached hydrogen (secondary N) is 1. The van der Waals surface area contributed by atoms with Gasteiger partial charge in [0, 0.05) is 24.7 Å². The fraction of sp³-hybridized carbons (Fsp3) is 0.381. The number of aromatic hydroxyl groups is 1. The van der Waals surface area contributed by atoms with E-state index in [1.807, 2.05) is 19.1 Å². The van der Waals surface area contributed by atoms with Gasteiger partial charge in [-0.3, -0.25) is 4.57 Å². The van der Waals surface area contributed by atoms with Crippen LogP contribution in [0.2, 0.25) is 0 Å². The fourth-order valence-electron chi connectivity index (χ4n) is 4.21. The van der Waals surface area contributed by atoms with Crippen molar-refractivity contribution in [2.45, 2.75) is 51.2 Å². The first kappa shape index (κ1) is 19.4. The normalized spacial score (nSPS) is 17.4. The third-order valence-electron chi connectivity index (χ3n) is 5.65. The van der Waals surface area contributed by atoms with E-state index in [1.54, 1.807) is 10.6 Å². The molecule has 4 rings (SSSR count). The molecule has 0 radical (unpaired) electrons. The van der Waals surface area contributed by atoms with Crippen molar-refractivity contribution in [1.29, 1.82) is 0 Å². The second-order valence-corrected chi connectivity index (χ2v) is 7.72. The molecule has 2 atom stereocenters. The first-order valence-corrected chi connectivity index (χ1v) is 9.70. The molecule has 154 valence electrons. The first-order chi connectivity index (χ1) is 13.8. The summed E-state index contributed by atoms with van der Waals surface area (Å²) in [5.74, 6) is -2.16. The van der Waals surface area contributed by atoms with Crippen LogP contribution in [-0.4, -0.2) is 31.7 Å². The molecule has 2 aromatic carbocycles. The quantitative estimate of drug-likeness (QED) is 0.573. The summed E-state index contributed by atoms with van der Waals surface area (Å²) in [6, 6.07) is 7.47. The molecule has 6 nitrogen and oxygen atoms in total. The molecule has 8 heteroatoms. The van der Waals surface area contributed by atoms with Crippen LogP contribution in [0, 0.1) is 11.6 Å². The number of hydrogen-bond donors (Lipinski definition) is 3. The van der Waals surface area contributed by atoms with E-state index < -0.39 is 23.1 Å².